The van der Waals surface area contributed by atoms with Crippen LogP contribution in [0.4, 0.5) is 4.39 Å². The fourth-order valence-corrected chi connectivity index (χ4v) is 1.63. The molecule has 0 aliphatic carbocycles. The van der Waals surface area contributed by atoms with E-state index in [1.54, 1.807) is 24.7 Å². The van der Waals surface area contributed by atoms with Gasteiger partial charge in [0.2, 0.25) is 5.91 Å². The van der Waals surface area contributed by atoms with Crippen molar-refractivity contribution in [3.63, 3.8) is 0 Å². The number of benzene rings is 1. The van der Waals surface area contributed by atoms with Crippen LogP contribution in [0.3, 0.4) is 0 Å². The van der Waals surface area contributed by atoms with Crippen molar-refractivity contribution in [1.82, 2.24) is 5.32 Å². The number of nitrogens with one attached hydrogen (secondary N) is 1. The molecular formula is C14H14FNO2. The Morgan fingerprint density at radius 1 is 1.17 bits per heavy atom. The maximum absolute atomic E-state index is 12.7. The van der Waals surface area contributed by atoms with Crippen molar-refractivity contribution in [1.29, 1.82) is 0 Å². The molecule has 0 fully saturated rings. The van der Waals surface area contributed by atoms with Crippen molar-refractivity contribution >= 4 is 5.91 Å². The first kappa shape index (κ1) is 12.4. The number of carbonyl (C=O) groups is 1. The number of hydrogen-bond acceptors (Lipinski definition) is 2. The third-order valence-corrected chi connectivity index (χ3v) is 2.59. The molecule has 1 heterocycles. The van der Waals surface area contributed by atoms with Gasteiger partial charge in [-0.3, -0.25) is 4.79 Å². The van der Waals surface area contributed by atoms with Gasteiger partial charge in [0.1, 0.15) is 5.82 Å². The van der Waals surface area contributed by atoms with E-state index in [1.165, 1.54) is 12.1 Å². The van der Waals surface area contributed by atoms with E-state index in [9.17, 15) is 9.18 Å². The van der Waals surface area contributed by atoms with Gasteiger partial charge in [-0.25, -0.2) is 4.39 Å². The number of carbonyl (C=O) groups excluding carboxylic acids is 1. The highest BCUT2D eigenvalue weighted by molar-refractivity contribution is 5.78. The standard InChI is InChI=1S/C14H14FNO2/c15-13-3-1-11(2-4-13)9-14(17)16-7-5-12-6-8-18-10-12/h1-4,6,8,10H,5,7,9H2,(H,16,17). The summed E-state index contributed by atoms with van der Waals surface area (Å²) in [6.45, 7) is 0.569. The molecule has 0 radical (unpaired) electrons. The summed E-state index contributed by atoms with van der Waals surface area (Å²) >= 11 is 0. The Balaban J connectivity index is 1.73. The van der Waals surface area contributed by atoms with E-state index in [1.807, 2.05) is 6.07 Å². The third-order valence-electron chi connectivity index (χ3n) is 2.59. The second-order valence-corrected chi connectivity index (χ2v) is 4.03. The van der Waals surface area contributed by atoms with Crippen LogP contribution in [0.25, 0.3) is 0 Å². The molecule has 94 valence electrons. The van der Waals surface area contributed by atoms with Crippen LogP contribution < -0.4 is 5.32 Å². The Bertz CT molecular complexity index is 491. The molecular weight excluding hydrogens is 233 g/mol. The van der Waals surface area contributed by atoms with E-state index in [4.69, 9.17) is 4.42 Å². The van der Waals surface area contributed by atoms with Crippen molar-refractivity contribution in [2.24, 2.45) is 0 Å². The van der Waals surface area contributed by atoms with Crippen LogP contribution in [0, 0.1) is 5.82 Å². The number of amides is 1. The zero-order chi connectivity index (χ0) is 12.8. The van der Waals surface area contributed by atoms with Gasteiger partial charge in [-0.05, 0) is 35.7 Å². The van der Waals surface area contributed by atoms with E-state index in [-0.39, 0.29) is 18.1 Å². The van der Waals surface area contributed by atoms with Gasteiger partial charge >= 0.3 is 0 Å². The summed E-state index contributed by atoms with van der Waals surface area (Å²) in [4.78, 5) is 11.6. The van der Waals surface area contributed by atoms with Gasteiger partial charge in [-0.15, -0.1) is 0 Å². The first-order chi connectivity index (χ1) is 8.74. The molecule has 0 bridgehead atoms. The lowest BCUT2D eigenvalue weighted by Gasteiger charge is -2.04. The molecule has 0 unspecified atom stereocenters. The van der Waals surface area contributed by atoms with Crippen molar-refractivity contribution in [3.05, 3.63) is 59.8 Å². The van der Waals surface area contributed by atoms with E-state index < -0.39 is 0 Å². The molecule has 0 spiro atoms. The molecule has 0 atom stereocenters. The van der Waals surface area contributed by atoms with Gasteiger partial charge < -0.3 is 9.73 Å². The second kappa shape index (κ2) is 6.00. The van der Waals surface area contributed by atoms with Crippen LogP contribution in [-0.2, 0) is 17.6 Å². The Morgan fingerprint density at radius 2 is 1.94 bits per heavy atom. The van der Waals surface area contributed by atoms with Crippen LogP contribution >= 0.6 is 0 Å². The van der Waals surface area contributed by atoms with Crippen LogP contribution in [0.2, 0.25) is 0 Å². The molecule has 0 aliphatic rings. The highest BCUT2D eigenvalue weighted by Crippen LogP contribution is 2.03. The average Bonchev–Trinajstić information content (AvgIpc) is 2.85. The SMILES string of the molecule is O=C(Cc1ccc(F)cc1)NCCc1ccoc1. The summed E-state index contributed by atoms with van der Waals surface area (Å²) in [5.41, 5.74) is 1.86. The number of hydrogen-bond donors (Lipinski definition) is 1. The fraction of sp³-hybridized carbons (Fsp3) is 0.214. The van der Waals surface area contributed by atoms with E-state index >= 15 is 0 Å². The number of halogens is 1. The lowest BCUT2D eigenvalue weighted by molar-refractivity contribution is -0.120. The molecule has 1 amide bonds. The molecule has 2 aromatic rings. The summed E-state index contributed by atoms with van der Waals surface area (Å²) in [5, 5.41) is 2.81. The summed E-state index contributed by atoms with van der Waals surface area (Å²) < 4.78 is 17.6. The smallest absolute Gasteiger partial charge is 0.224 e. The highest BCUT2D eigenvalue weighted by atomic mass is 19.1. The first-order valence-electron chi connectivity index (χ1n) is 5.76. The maximum atomic E-state index is 12.7. The molecule has 3 nitrogen and oxygen atoms in total. The molecule has 2 rings (SSSR count). The highest BCUT2D eigenvalue weighted by Gasteiger charge is 2.03. The van der Waals surface area contributed by atoms with Gasteiger partial charge in [0.05, 0.1) is 18.9 Å². The van der Waals surface area contributed by atoms with Gasteiger partial charge in [0, 0.05) is 6.54 Å². The molecule has 1 N–H and O–H groups in total. The van der Waals surface area contributed by atoms with E-state index in [0.717, 1.165) is 17.5 Å². The van der Waals surface area contributed by atoms with Crippen molar-refractivity contribution in [2.45, 2.75) is 12.8 Å². The van der Waals surface area contributed by atoms with E-state index in [2.05, 4.69) is 5.32 Å². The zero-order valence-corrected chi connectivity index (χ0v) is 9.86. The van der Waals surface area contributed by atoms with E-state index in [0.29, 0.717) is 6.54 Å². The van der Waals surface area contributed by atoms with Gasteiger partial charge in [0.25, 0.3) is 0 Å². The predicted octanol–water partition coefficient (Wildman–Crippen LogP) is 2.32. The topological polar surface area (TPSA) is 42.2 Å². The minimum atomic E-state index is -0.292. The van der Waals surface area contributed by atoms with Crippen LogP contribution in [-0.4, -0.2) is 12.5 Å². The molecule has 0 saturated carbocycles. The Morgan fingerprint density at radius 3 is 2.61 bits per heavy atom. The number of rotatable bonds is 5. The van der Waals surface area contributed by atoms with Crippen molar-refractivity contribution in [2.75, 3.05) is 6.54 Å². The minimum Gasteiger partial charge on any atom is -0.472 e. The van der Waals surface area contributed by atoms with Gasteiger partial charge in [-0.1, -0.05) is 12.1 Å². The Kier molecular flexibility index (Phi) is 4.12. The number of furan rings is 1. The van der Waals surface area contributed by atoms with Crippen molar-refractivity contribution in [3.8, 4) is 0 Å². The summed E-state index contributed by atoms with van der Waals surface area (Å²) in [6.07, 6.45) is 4.28. The zero-order valence-electron chi connectivity index (χ0n) is 9.86. The monoisotopic (exact) mass is 247 g/mol. The summed E-state index contributed by atoms with van der Waals surface area (Å²) in [5.74, 6) is -0.357. The fourth-order valence-electron chi connectivity index (χ4n) is 1.63. The van der Waals surface area contributed by atoms with Gasteiger partial charge in [0.15, 0.2) is 0 Å². The van der Waals surface area contributed by atoms with Gasteiger partial charge in [-0.2, -0.15) is 0 Å². The lowest BCUT2D eigenvalue weighted by Crippen LogP contribution is -2.27. The maximum Gasteiger partial charge on any atom is 0.224 e. The Hall–Kier alpha value is -2.10. The molecule has 4 heteroatoms. The van der Waals surface area contributed by atoms with Crippen LogP contribution in [0.15, 0.2) is 47.3 Å². The summed E-state index contributed by atoms with van der Waals surface area (Å²) in [7, 11) is 0. The molecule has 1 aromatic heterocycles. The Labute approximate surface area is 105 Å². The predicted molar refractivity (Wildman–Crippen MR) is 65.5 cm³/mol. The molecule has 1 aromatic carbocycles. The summed E-state index contributed by atoms with van der Waals surface area (Å²) in [6, 6.07) is 7.81. The molecule has 0 saturated heterocycles. The largest absolute Gasteiger partial charge is 0.472 e. The quantitative estimate of drug-likeness (QED) is 0.881. The first-order valence-corrected chi connectivity index (χ1v) is 5.76. The van der Waals surface area contributed by atoms with Crippen molar-refractivity contribution < 1.29 is 13.6 Å². The normalized spacial score (nSPS) is 10.3. The second-order valence-electron chi connectivity index (χ2n) is 4.03. The van der Waals surface area contributed by atoms with Crippen LogP contribution in [0.5, 0.6) is 0 Å². The lowest BCUT2D eigenvalue weighted by atomic mass is 10.1. The molecule has 18 heavy (non-hydrogen) atoms. The minimum absolute atomic E-state index is 0.0647. The third kappa shape index (κ3) is 3.73. The van der Waals surface area contributed by atoms with Crippen LogP contribution in [0.1, 0.15) is 11.1 Å². The average molecular weight is 247 g/mol. The molecule has 0 aliphatic heterocycles.